The van der Waals surface area contributed by atoms with Crippen LogP contribution < -0.4 is 16.0 Å². The molecule has 0 heterocycles. The highest BCUT2D eigenvalue weighted by Gasteiger charge is 2.19. The van der Waals surface area contributed by atoms with E-state index in [4.69, 9.17) is 0 Å². The number of rotatable bonds is 17. The number of ketones is 1. The van der Waals surface area contributed by atoms with Gasteiger partial charge in [0.05, 0.1) is 17.7 Å². The Balaban J connectivity index is 1.64. The molecule has 2 aromatic carbocycles. The third kappa shape index (κ3) is 11.2. The van der Waals surface area contributed by atoms with Crippen molar-refractivity contribution in [1.29, 1.82) is 0 Å². The van der Waals surface area contributed by atoms with Crippen molar-refractivity contribution in [2.75, 3.05) is 24.2 Å². The molecule has 0 radical (unpaired) electrons. The largest absolute Gasteiger partial charge is 0.478 e. The Kier molecular flexibility index (Phi) is 13.7. The van der Waals surface area contributed by atoms with E-state index in [1.54, 1.807) is 31.2 Å². The van der Waals surface area contributed by atoms with Crippen LogP contribution in [0.25, 0.3) is 0 Å². The number of carbonyl (C=O) groups excluding carboxylic acids is 3. The normalized spacial score (nSPS) is 11.7. The Morgan fingerprint density at radius 2 is 1.69 bits per heavy atom. The first-order valence-corrected chi connectivity index (χ1v) is 14.1. The highest BCUT2D eigenvalue weighted by Crippen LogP contribution is 2.18. The van der Waals surface area contributed by atoms with Crippen LogP contribution in [-0.4, -0.2) is 47.5 Å². The minimum absolute atomic E-state index is 0.0241. The fraction of sp³-hybridized carbons (Fsp3) is 0.467. The first-order chi connectivity index (χ1) is 18.6. The molecule has 0 saturated carbocycles. The maximum atomic E-state index is 12.7. The van der Waals surface area contributed by atoms with Gasteiger partial charge in [0.25, 0.3) is 5.91 Å². The molecule has 2 amide bonds. The molecule has 0 aliphatic carbocycles. The lowest BCUT2D eigenvalue weighted by atomic mass is 9.98. The van der Waals surface area contributed by atoms with Gasteiger partial charge >= 0.3 is 5.97 Å². The number of hydrogen-bond donors (Lipinski definition) is 5. The van der Waals surface area contributed by atoms with Gasteiger partial charge in [0, 0.05) is 30.3 Å². The molecule has 2 aromatic rings. The zero-order valence-corrected chi connectivity index (χ0v) is 24.0. The molecule has 8 nitrogen and oxygen atoms in total. The van der Waals surface area contributed by atoms with Gasteiger partial charge < -0.3 is 21.1 Å². The summed E-state index contributed by atoms with van der Waals surface area (Å²) in [6.07, 6.45) is 3.87. The number of aryl methyl sites for hydroxylation is 1. The van der Waals surface area contributed by atoms with Crippen LogP contribution >= 0.6 is 12.6 Å². The zero-order chi connectivity index (χ0) is 28.8. The first-order valence-electron chi connectivity index (χ1n) is 13.5. The Morgan fingerprint density at radius 3 is 2.33 bits per heavy atom. The summed E-state index contributed by atoms with van der Waals surface area (Å²) < 4.78 is 0. The summed E-state index contributed by atoms with van der Waals surface area (Å²) in [5, 5.41) is 18.3. The van der Waals surface area contributed by atoms with Crippen LogP contribution in [0.3, 0.4) is 0 Å². The van der Waals surface area contributed by atoms with Gasteiger partial charge in [-0.15, -0.1) is 0 Å². The van der Waals surface area contributed by atoms with E-state index in [-0.39, 0.29) is 35.3 Å². The lowest BCUT2D eigenvalue weighted by molar-refractivity contribution is -0.127. The third-order valence-corrected chi connectivity index (χ3v) is 6.83. The molecule has 4 N–H and O–H groups in total. The SMILES string of the molecule is Cc1cccc(C(=O)O)c1C(=O)Nc1ccc(CNCCCCCC(=O)CNC(=O)C(CS)CC(C)C)cc1. The van der Waals surface area contributed by atoms with Crippen molar-refractivity contribution in [1.82, 2.24) is 10.6 Å². The molecule has 0 aromatic heterocycles. The number of anilines is 1. The lowest BCUT2D eigenvalue weighted by Gasteiger charge is -2.16. The van der Waals surface area contributed by atoms with Crippen molar-refractivity contribution < 1.29 is 24.3 Å². The van der Waals surface area contributed by atoms with Gasteiger partial charge in [-0.1, -0.05) is 44.5 Å². The number of hydrogen-bond acceptors (Lipinski definition) is 6. The zero-order valence-electron chi connectivity index (χ0n) is 23.1. The Morgan fingerprint density at radius 1 is 0.974 bits per heavy atom. The Hall–Kier alpha value is -3.17. The first kappa shape index (κ1) is 32.0. The minimum atomic E-state index is -1.14. The summed E-state index contributed by atoms with van der Waals surface area (Å²) in [7, 11) is 0. The molecule has 212 valence electrons. The molecule has 0 saturated heterocycles. The van der Waals surface area contributed by atoms with Crippen LogP contribution in [0.4, 0.5) is 5.69 Å². The number of nitrogens with one attached hydrogen (secondary N) is 3. The van der Waals surface area contributed by atoms with Crippen LogP contribution in [0.1, 0.15) is 77.8 Å². The van der Waals surface area contributed by atoms with E-state index in [2.05, 4.69) is 42.4 Å². The van der Waals surface area contributed by atoms with Crippen LogP contribution in [0.2, 0.25) is 0 Å². The fourth-order valence-corrected chi connectivity index (χ4v) is 4.60. The molecule has 0 bridgehead atoms. The molecule has 39 heavy (non-hydrogen) atoms. The monoisotopic (exact) mass is 555 g/mol. The molecule has 1 atom stereocenters. The second-order valence-electron chi connectivity index (χ2n) is 10.2. The van der Waals surface area contributed by atoms with Gasteiger partial charge in [0.1, 0.15) is 0 Å². The number of carboxylic acids is 1. The topological polar surface area (TPSA) is 125 Å². The summed E-state index contributed by atoms with van der Waals surface area (Å²) in [6, 6.07) is 12.1. The van der Waals surface area contributed by atoms with Crippen LogP contribution in [0.15, 0.2) is 42.5 Å². The molecule has 0 spiro atoms. The number of unbranched alkanes of at least 4 members (excludes halogenated alkanes) is 2. The van der Waals surface area contributed by atoms with Crippen molar-refractivity contribution in [2.45, 2.75) is 59.4 Å². The summed E-state index contributed by atoms with van der Waals surface area (Å²) in [5.74, 6) is -0.907. The summed E-state index contributed by atoms with van der Waals surface area (Å²) in [6.45, 7) is 7.41. The number of Topliss-reactive ketones (excluding diaryl/α,β-unsaturated/α-hetero) is 1. The number of amides is 2. The average Bonchev–Trinajstić information content (AvgIpc) is 2.90. The maximum Gasteiger partial charge on any atom is 0.336 e. The quantitative estimate of drug-likeness (QED) is 0.140. The number of benzene rings is 2. The van der Waals surface area contributed by atoms with E-state index in [1.165, 1.54) is 6.07 Å². The predicted octanol–water partition coefficient (Wildman–Crippen LogP) is 4.87. The van der Waals surface area contributed by atoms with Crippen molar-refractivity contribution in [3.8, 4) is 0 Å². The Bertz CT molecular complexity index is 1120. The van der Waals surface area contributed by atoms with Gasteiger partial charge in [-0.2, -0.15) is 12.6 Å². The van der Waals surface area contributed by atoms with Gasteiger partial charge in [0.2, 0.25) is 5.91 Å². The molecular formula is C30H41N3O5S. The van der Waals surface area contributed by atoms with E-state index in [0.717, 1.165) is 37.8 Å². The molecule has 9 heteroatoms. The molecule has 1 unspecified atom stereocenters. The summed E-state index contributed by atoms with van der Waals surface area (Å²) in [4.78, 5) is 48.5. The molecule has 0 aliphatic rings. The standard InChI is InChI=1S/C30H41N3O5S/c1-20(2)16-23(19-39)28(35)32-18-25(34)9-5-4-6-15-31-17-22-11-13-24(14-12-22)33-29(36)27-21(3)8-7-10-26(27)30(37)38/h7-8,10-14,20,23,31,39H,4-6,9,15-19H2,1-3H3,(H,32,35)(H,33,36)(H,37,38). The minimum Gasteiger partial charge on any atom is -0.478 e. The van der Waals surface area contributed by atoms with Crippen LogP contribution in [0, 0.1) is 18.8 Å². The smallest absolute Gasteiger partial charge is 0.336 e. The fourth-order valence-electron chi connectivity index (χ4n) is 4.28. The molecular weight excluding hydrogens is 514 g/mol. The maximum absolute atomic E-state index is 12.7. The number of carbonyl (C=O) groups is 4. The van der Waals surface area contributed by atoms with Crippen molar-refractivity contribution in [2.24, 2.45) is 11.8 Å². The van der Waals surface area contributed by atoms with Crippen molar-refractivity contribution in [3.05, 3.63) is 64.7 Å². The van der Waals surface area contributed by atoms with E-state index >= 15 is 0 Å². The Labute approximate surface area is 236 Å². The van der Waals surface area contributed by atoms with Gasteiger partial charge in [-0.25, -0.2) is 4.79 Å². The molecule has 0 fully saturated rings. The van der Waals surface area contributed by atoms with Crippen LogP contribution in [0.5, 0.6) is 0 Å². The summed E-state index contributed by atoms with van der Waals surface area (Å²) >= 11 is 4.25. The molecule has 2 rings (SSSR count). The highest BCUT2D eigenvalue weighted by atomic mass is 32.1. The van der Waals surface area contributed by atoms with E-state index in [0.29, 0.717) is 35.9 Å². The average molecular weight is 556 g/mol. The van der Waals surface area contributed by atoms with Gasteiger partial charge in [-0.3, -0.25) is 14.4 Å². The van der Waals surface area contributed by atoms with E-state index < -0.39 is 11.9 Å². The van der Waals surface area contributed by atoms with Crippen molar-refractivity contribution in [3.63, 3.8) is 0 Å². The third-order valence-electron chi connectivity index (χ3n) is 6.39. The molecule has 0 aliphatic heterocycles. The van der Waals surface area contributed by atoms with Crippen LogP contribution in [-0.2, 0) is 16.1 Å². The second kappa shape index (κ2) is 16.7. The highest BCUT2D eigenvalue weighted by molar-refractivity contribution is 7.80. The predicted molar refractivity (Wildman–Crippen MR) is 158 cm³/mol. The van der Waals surface area contributed by atoms with Gasteiger partial charge in [0.15, 0.2) is 5.78 Å². The lowest BCUT2D eigenvalue weighted by Crippen LogP contribution is -2.36. The number of carboxylic acid groups (broad SMARTS) is 1. The van der Waals surface area contributed by atoms with E-state index in [9.17, 15) is 24.3 Å². The number of thiol groups is 1. The number of aromatic carboxylic acids is 1. The summed E-state index contributed by atoms with van der Waals surface area (Å²) in [5.41, 5.74) is 2.38. The van der Waals surface area contributed by atoms with Crippen molar-refractivity contribution >= 4 is 41.9 Å². The van der Waals surface area contributed by atoms with E-state index in [1.807, 2.05) is 12.1 Å². The van der Waals surface area contributed by atoms with Gasteiger partial charge in [-0.05, 0) is 68.0 Å². The second-order valence-corrected chi connectivity index (χ2v) is 10.6.